The molecule has 0 aromatic heterocycles. The van der Waals surface area contributed by atoms with Crippen LogP contribution in [0.25, 0.3) is 6.08 Å². The van der Waals surface area contributed by atoms with Gasteiger partial charge < -0.3 is 24.3 Å². The molecule has 150 valence electrons. The van der Waals surface area contributed by atoms with Crippen molar-refractivity contribution in [2.75, 3.05) is 27.6 Å². The third kappa shape index (κ3) is 4.73. The van der Waals surface area contributed by atoms with Crippen LogP contribution >= 0.6 is 11.6 Å². The number of carbonyl (C=O) groups is 1. The van der Waals surface area contributed by atoms with E-state index in [9.17, 15) is 10.1 Å². The van der Waals surface area contributed by atoms with Gasteiger partial charge in [0.1, 0.15) is 11.6 Å². The smallest absolute Gasteiger partial charge is 0.261 e. The van der Waals surface area contributed by atoms with Crippen LogP contribution in [0.15, 0.2) is 35.9 Å². The predicted molar refractivity (Wildman–Crippen MR) is 107 cm³/mol. The summed E-state index contributed by atoms with van der Waals surface area (Å²) >= 11 is 6.14. The Labute approximate surface area is 173 Å². The molecule has 3 rings (SSSR count). The summed E-state index contributed by atoms with van der Waals surface area (Å²) in [7, 11) is 3.14. The summed E-state index contributed by atoms with van der Waals surface area (Å²) in [6.45, 7) is 0.444. The molecule has 1 aliphatic heterocycles. The number of ether oxygens (including phenoxy) is 4. The number of halogens is 1. The summed E-state index contributed by atoms with van der Waals surface area (Å²) in [6.07, 6.45) is 2.03. The molecule has 0 radical (unpaired) electrons. The van der Waals surface area contributed by atoms with Crippen LogP contribution in [-0.2, 0) is 11.2 Å². The SMILES string of the molecule is COc1ccc(CCNC(=O)/C(C#N)=C/c2cc(Cl)c3c(c2)OCO3)cc1OC. The van der Waals surface area contributed by atoms with E-state index in [2.05, 4.69) is 5.32 Å². The number of nitrogens with zero attached hydrogens (tertiary/aromatic N) is 1. The molecule has 2 aromatic carbocycles. The first-order chi connectivity index (χ1) is 14.0. The van der Waals surface area contributed by atoms with Crippen molar-refractivity contribution in [3.63, 3.8) is 0 Å². The minimum Gasteiger partial charge on any atom is -0.493 e. The first-order valence-corrected chi connectivity index (χ1v) is 9.13. The molecular weight excluding hydrogens is 396 g/mol. The number of nitriles is 1. The topological polar surface area (TPSA) is 89.8 Å². The van der Waals surface area contributed by atoms with Crippen LogP contribution in [0.3, 0.4) is 0 Å². The molecular formula is C21H19ClN2O5. The molecule has 0 fully saturated rings. The molecule has 0 saturated carbocycles. The Bertz CT molecular complexity index is 997. The molecule has 1 amide bonds. The van der Waals surface area contributed by atoms with E-state index in [0.717, 1.165) is 5.56 Å². The number of hydrogen-bond acceptors (Lipinski definition) is 6. The molecule has 8 heteroatoms. The first kappa shape index (κ1) is 20.4. The Hall–Kier alpha value is -3.37. The van der Waals surface area contributed by atoms with Gasteiger partial charge in [-0.15, -0.1) is 0 Å². The molecule has 29 heavy (non-hydrogen) atoms. The third-order valence-electron chi connectivity index (χ3n) is 4.27. The van der Waals surface area contributed by atoms with Crippen molar-refractivity contribution in [1.82, 2.24) is 5.32 Å². The van der Waals surface area contributed by atoms with E-state index in [1.54, 1.807) is 32.4 Å². The lowest BCUT2D eigenvalue weighted by Crippen LogP contribution is -2.26. The van der Waals surface area contributed by atoms with E-state index in [1.165, 1.54) is 6.08 Å². The van der Waals surface area contributed by atoms with E-state index in [4.69, 9.17) is 30.5 Å². The highest BCUT2D eigenvalue weighted by Gasteiger charge is 2.18. The van der Waals surface area contributed by atoms with E-state index in [0.29, 0.717) is 46.5 Å². The highest BCUT2D eigenvalue weighted by molar-refractivity contribution is 6.32. The summed E-state index contributed by atoms with van der Waals surface area (Å²) in [6, 6.07) is 10.7. The Morgan fingerprint density at radius 2 is 2.03 bits per heavy atom. The summed E-state index contributed by atoms with van der Waals surface area (Å²) in [4.78, 5) is 12.4. The van der Waals surface area contributed by atoms with Gasteiger partial charge in [-0.2, -0.15) is 5.26 Å². The van der Waals surface area contributed by atoms with Crippen molar-refractivity contribution in [3.05, 3.63) is 52.1 Å². The van der Waals surface area contributed by atoms with Gasteiger partial charge in [-0.3, -0.25) is 4.79 Å². The van der Waals surface area contributed by atoms with Crippen LogP contribution in [0.5, 0.6) is 23.0 Å². The Morgan fingerprint density at radius 1 is 1.24 bits per heavy atom. The number of benzene rings is 2. The van der Waals surface area contributed by atoms with Gasteiger partial charge in [-0.1, -0.05) is 17.7 Å². The van der Waals surface area contributed by atoms with Crippen LogP contribution < -0.4 is 24.3 Å². The average Bonchev–Trinajstić information content (AvgIpc) is 3.21. The van der Waals surface area contributed by atoms with Gasteiger partial charge in [0, 0.05) is 6.54 Å². The monoisotopic (exact) mass is 414 g/mol. The van der Waals surface area contributed by atoms with E-state index >= 15 is 0 Å². The predicted octanol–water partition coefficient (Wildman–Crippen LogP) is 3.35. The zero-order valence-corrected chi connectivity index (χ0v) is 16.7. The van der Waals surface area contributed by atoms with Crippen molar-refractivity contribution in [2.45, 2.75) is 6.42 Å². The van der Waals surface area contributed by atoms with Crippen molar-refractivity contribution in [2.24, 2.45) is 0 Å². The van der Waals surface area contributed by atoms with Gasteiger partial charge >= 0.3 is 0 Å². The summed E-state index contributed by atoms with van der Waals surface area (Å²) in [5, 5.41) is 12.5. The fraction of sp³-hybridized carbons (Fsp3) is 0.238. The summed E-state index contributed by atoms with van der Waals surface area (Å²) in [5.41, 5.74) is 1.51. The van der Waals surface area contributed by atoms with Gasteiger partial charge in [0.2, 0.25) is 6.79 Å². The van der Waals surface area contributed by atoms with Crippen LogP contribution in [0, 0.1) is 11.3 Å². The second-order valence-electron chi connectivity index (χ2n) is 6.10. The fourth-order valence-electron chi connectivity index (χ4n) is 2.84. The van der Waals surface area contributed by atoms with Crippen molar-refractivity contribution < 1.29 is 23.7 Å². The van der Waals surface area contributed by atoms with E-state index in [-0.39, 0.29) is 12.4 Å². The van der Waals surface area contributed by atoms with Crippen LogP contribution in [0.4, 0.5) is 0 Å². The fourth-order valence-corrected chi connectivity index (χ4v) is 3.11. The molecule has 7 nitrogen and oxygen atoms in total. The van der Waals surface area contributed by atoms with Crippen molar-refractivity contribution >= 4 is 23.6 Å². The quantitative estimate of drug-likeness (QED) is 0.552. The van der Waals surface area contributed by atoms with Crippen LogP contribution in [0.1, 0.15) is 11.1 Å². The van der Waals surface area contributed by atoms with Crippen molar-refractivity contribution in [1.29, 1.82) is 5.26 Å². The molecule has 1 heterocycles. The molecule has 0 saturated heterocycles. The molecule has 0 bridgehead atoms. The number of amides is 1. The highest BCUT2D eigenvalue weighted by Crippen LogP contribution is 2.40. The lowest BCUT2D eigenvalue weighted by Gasteiger charge is -2.10. The lowest BCUT2D eigenvalue weighted by molar-refractivity contribution is -0.117. The molecule has 0 unspecified atom stereocenters. The van der Waals surface area contributed by atoms with Gasteiger partial charge in [0.05, 0.1) is 19.2 Å². The Balaban J connectivity index is 1.64. The summed E-state index contributed by atoms with van der Waals surface area (Å²) < 4.78 is 21.0. The van der Waals surface area contributed by atoms with Gasteiger partial charge in [0.25, 0.3) is 5.91 Å². The number of methoxy groups -OCH3 is 2. The maximum absolute atomic E-state index is 12.4. The number of hydrogen-bond donors (Lipinski definition) is 1. The second-order valence-corrected chi connectivity index (χ2v) is 6.51. The van der Waals surface area contributed by atoms with E-state index in [1.807, 2.05) is 18.2 Å². The van der Waals surface area contributed by atoms with Gasteiger partial charge in [-0.25, -0.2) is 0 Å². The first-order valence-electron chi connectivity index (χ1n) is 8.75. The third-order valence-corrected chi connectivity index (χ3v) is 4.55. The molecule has 0 aliphatic carbocycles. The number of fused-ring (bicyclic) bond motifs is 1. The van der Waals surface area contributed by atoms with Gasteiger partial charge in [-0.05, 0) is 47.9 Å². The highest BCUT2D eigenvalue weighted by atomic mass is 35.5. The number of rotatable bonds is 7. The zero-order chi connectivity index (χ0) is 20.8. The number of carbonyl (C=O) groups excluding carboxylic acids is 1. The average molecular weight is 415 g/mol. The Morgan fingerprint density at radius 3 is 2.76 bits per heavy atom. The standard InChI is InChI=1S/C21H19ClN2O5/c1-26-17-4-3-13(9-18(17)27-2)5-6-24-21(25)15(11-23)7-14-8-16(22)20-19(10-14)28-12-29-20/h3-4,7-10H,5-6,12H2,1-2H3,(H,24,25)/b15-7+. The molecule has 2 aromatic rings. The maximum atomic E-state index is 12.4. The lowest BCUT2D eigenvalue weighted by atomic mass is 10.1. The maximum Gasteiger partial charge on any atom is 0.261 e. The molecule has 0 spiro atoms. The van der Waals surface area contributed by atoms with Gasteiger partial charge in [0.15, 0.2) is 23.0 Å². The molecule has 1 N–H and O–H groups in total. The zero-order valence-electron chi connectivity index (χ0n) is 16.0. The Kier molecular flexibility index (Phi) is 6.47. The molecule has 0 atom stereocenters. The normalized spacial score (nSPS) is 12.3. The van der Waals surface area contributed by atoms with Crippen LogP contribution in [-0.4, -0.2) is 33.5 Å². The molecule has 1 aliphatic rings. The minimum absolute atomic E-state index is 0.0350. The summed E-state index contributed by atoms with van der Waals surface area (Å²) in [5.74, 6) is 1.73. The minimum atomic E-state index is -0.471. The van der Waals surface area contributed by atoms with E-state index < -0.39 is 5.91 Å². The number of nitrogens with one attached hydrogen (secondary N) is 1. The van der Waals surface area contributed by atoms with Crippen LogP contribution in [0.2, 0.25) is 5.02 Å². The largest absolute Gasteiger partial charge is 0.493 e. The second kappa shape index (κ2) is 9.22. The van der Waals surface area contributed by atoms with Crippen molar-refractivity contribution in [3.8, 4) is 29.1 Å².